The van der Waals surface area contributed by atoms with Gasteiger partial charge in [0.1, 0.15) is 5.82 Å². The van der Waals surface area contributed by atoms with Crippen molar-refractivity contribution in [3.8, 4) is 11.1 Å². The second-order valence-electron chi connectivity index (χ2n) is 7.72. The Morgan fingerprint density at radius 1 is 0.935 bits per heavy atom. The second-order valence-corrected chi connectivity index (χ2v) is 7.72. The van der Waals surface area contributed by atoms with Gasteiger partial charge in [-0.2, -0.15) is 0 Å². The molecule has 0 aromatic heterocycles. The molecule has 0 atom stereocenters. The molecule has 0 aliphatic carbocycles. The highest BCUT2D eigenvalue weighted by molar-refractivity contribution is 5.90. The van der Waals surface area contributed by atoms with Crippen LogP contribution in [0.5, 0.6) is 0 Å². The van der Waals surface area contributed by atoms with Gasteiger partial charge in [-0.3, -0.25) is 4.79 Å². The van der Waals surface area contributed by atoms with Gasteiger partial charge in [-0.1, -0.05) is 42.5 Å². The number of aryl methyl sites for hydroxylation is 1. The maximum atomic E-state index is 13.9. The number of carbonyl (C=O) groups is 1. The van der Waals surface area contributed by atoms with Crippen LogP contribution in [0.1, 0.15) is 18.4 Å². The standard InChI is InChI=1S/C26H27FN2O2/c27-25-6-2-1-5-24(25)21-10-8-20(9-11-21)4-3-7-26(30)28-22-12-14-23(15-13-22)29-16-18-31-19-17-29/h1-2,5-6,8-15H,3-4,7,16-19H2,(H,28,30). The first-order chi connectivity index (χ1) is 15.2. The van der Waals surface area contributed by atoms with Gasteiger partial charge in [0.15, 0.2) is 0 Å². The maximum absolute atomic E-state index is 13.9. The number of halogens is 1. The Hall–Kier alpha value is -3.18. The summed E-state index contributed by atoms with van der Waals surface area (Å²) in [4.78, 5) is 14.6. The van der Waals surface area contributed by atoms with Gasteiger partial charge in [-0.15, -0.1) is 0 Å². The monoisotopic (exact) mass is 418 g/mol. The predicted octanol–water partition coefficient (Wildman–Crippen LogP) is 5.29. The molecule has 31 heavy (non-hydrogen) atoms. The van der Waals surface area contributed by atoms with Crippen LogP contribution in [0.25, 0.3) is 11.1 Å². The molecule has 0 bridgehead atoms. The lowest BCUT2D eigenvalue weighted by Crippen LogP contribution is -2.36. The summed E-state index contributed by atoms with van der Waals surface area (Å²) in [5, 5.41) is 2.97. The van der Waals surface area contributed by atoms with E-state index in [9.17, 15) is 9.18 Å². The van der Waals surface area contributed by atoms with Crippen LogP contribution in [-0.4, -0.2) is 32.2 Å². The van der Waals surface area contributed by atoms with Crippen LogP contribution in [-0.2, 0) is 16.0 Å². The van der Waals surface area contributed by atoms with E-state index < -0.39 is 0 Å². The average molecular weight is 419 g/mol. The molecule has 1 amide bonds. The fourth-order valence-electron chi connectivity index (χ4n) is 3.80. The molecule has 160 valence electrons. The van der Waals surface area contributed by atoms with Gasteiger partial charge in [-0.25, -0.2) is 4.39 Å². The summed E-state index contributed by atoms with van der Waals surface area (Å²) in [6.07, 6.45) is 2.03. The van der Waals surface area contributed by atoms with Gasteiger partial charge in [0.25, 0.3) is 0 Å². The van der Waals surface area contributed by atoms with Crippen LogP contribution in [0, 0.1) is 5.82 Å². The number of benzene rings is 3. The number of ether oxygens (including phenoxy) is 1. The molecular weight excluding hydrogens is 391 g/mol. The Morgan fingerprint density at radius 3 is 2.35 bits per heavy atom. The molecule has 1 aliphatic rings. The van der Waals surface area contributed by atoms with Crippen LogP contribution in [0.4, 0.5) is 15.8 Å². The molecule has 0 radical (unpaired) electrons. The summed E-state index contributed by atoms with van der Waals surface area (Å²) in [6, 6.07) is 22.6. The van der Waals surface area contributed by atoms with Gasteiger partial charge in [-0.05, 0) is 54.3 Å². The van der Waals surface area contributed by atoms with Crippen molar-refractivity contribution in [2.24, 2.45) is 0 Å². The minimum absolute atomic E-state index is 0.0158. The Bertz CT molecular complexity index is 997. The molecule has 1 aliphatic heterocycles. The Balaban J connectivity index is 1.23. The van der Waals surface area contributed by atoms with Crippen LogP contribution in [0.3, 0.4) is 0 Å². The van der Waals surface area contributed by atoms with Crippen LogP contribution < -0.4 is 10.2 Å². The SMILES string of the molecule is O=C(CCCc1ccc(-c2ccccc2F)cc1)Nc1ccc(N2CCOCC2)cc1. The van der Waals surface area contributed by atoms with E-state index in [1.807, 2.05) is 54.6 Å². The average Bonchev–Trinajstić information content (AvgIpc) is 2.81. The molecule has 1 fully saturated rings. The summed E-state index contributed by atoms with van der Waals surface area (Å²) >= 11 is 0. The lowest BCUT2D eigenvalue weighted by Gasteiger charge is -2.28. The molecule has 1 heterocycles. The van der Waals surface area contributed by atoms with Crippen molar-refractivity contribution < 1.29 is 13.9 Å². The second kappa shape index (κ2) is 10.2. The maximum Gasteiger partial charge on any atom is 0.224 e. The smallest absolute Gasteiger partial charge is 0.224 e. The fourth-order valence-corrected chi connectivity index (χ4v) is 3.80. The molecule has 4 rings (SSSR count). The number of amides is 1. The summed E-state index contributed by atoms with van der Waals surface area (Å²) in [7, 11) is 0. The zero-order valence-electron chi connectivity index (χ0n) is 17.5. The van der Waals surface area contributed by atoms with Gasteiger partial charge < -0.3 is 15.0 Å². The van der Waals surface area contributed by atoms with E-state index in [4.69, 9.17) is 4.74 Å². The molecule has 4 nitrogen and oxygen atoms in total. The molecule has 0 saturated carbocycles. The third kappa shape index (κ3) is 5.70. The van der Waals surface area contributed by atoms with Crippen molar-refractivity contribution in [2.75, 3.05) is 36.5 Å². The first-order valence-electron chi connectivity index (χ1n) is 10.8. The largest absolute Gasteiger partial charge is 0.378 e. The van der Waals surface area contributed by atoms with Crippen molar-refractivity contribution in [3.05, 3.63) is 84.2 Å². The van der Waals surface area contributed by atoms with Gasteiger partial charge in [0, 0.05) is 36.4 Å². The molecule has 0 spiro atoms. The lowest BCUT2D eigenvalue weighted by atomic mass is 10.0. The predicted molar refractivity (Wildman–Crippen MR) is 123 cm³/mol. The molecule has 1 saturated heterocycles. The topological polar surface area (TPSA) is 41.6 Å². The zero-order chi connectivity index (χ0) is 21.5. The summed E-state index contributed by atoms with van der Waals surface area (Å²) < 4.78 is 19.3. The van der Waals surface area contributed by atoms with E-state index in [1.165, 1.54) is 6.07 Å². The minimum atomic E-state index is -0.218. The van der Waals surface area contributed by atoms with E-state index in [-0.39, 0.29) is 11.7 Å². The number of hydrogen-bond donors (Lipinski definition) is 1. The molecule has 5 heteroatoms. The Kier molecular flexibility index (Phi) is 6.95. The number of nitrogens with one attached hydrogen (secondary N) is 1. The van der Waals surface area contributed by atoms with Crippen molar-refractivity contribution >= 4 is 17.3 Å². The van der Waals surface area contributed by atoms with E-state index in [2.05, 4.69) is 10.2 Å². The van der Waals surface area contributed by atoms with Crippen molar-refractivity contribution in [2.45, 2.75) is 19.3 Å². The van der Waals surface area contributed by atoms with E-state index in [1.54, 1.807) is 12.1 Å². The number of hydrogen-bond acceptors (Lipinski definition) is 3. The number of anilines is 2. The summed E-state index contributed by atoms with van der Waals surface area (Å²) in [5.74, 6) is -0.202. The molecular formula is C26H27FN2O2. The third-order valence-corrected chi connectivity index (χ3v) is 5.54. The van der Waals surface area contributed by atoms with Gasteiger partial charge in [0.2, 0.25) is 5.91 Å². The fraction of sp³-hybridized carbons (Fsp3) is 0.269. The molecule has 0 unspecified atom stereocenters. The Morgan fingerprint density at radius 2 is 1.65 bits per heavy atom. The minimum Gasteiger partial charge on any atom is -0.378 e. The van der Waals surface area contributed by atoms with Crippen molar-refractivity contribution in [3.63, 3.8) is 0 Å². The third-order valence-electron chi connectivity index (χ3n) is 5.54. The molecule has 3 aromatic carbocycles. The Labute approximate surface area is 182 Å². The van der Waals surface area contributed by atoms with E-state index in [0.29, 0.717) is 12.0 Å². The lowest BCUT2D eigenvalue weighted by molar-refractivity contribution is -0.116. The highest BCUT2D eigenvalue weighted by Crippen LogP contribution is 2.23. The van der Waals surface area contributed by atoms with Gasteiger partial charge >= 0.3 is 0 Å². The van der Waals surface area contributed by atoms with Crippen LogP contribution in [0.15, 0.2) is 72.8 Å². The normalized spacial score (nSPS) is 13.8. The quantitative estimate of drug-likeness (QED) is 0.567. The highest BCUT2D eigenvalue weighted by atomic mass is 19.1. The first-order valence-corrected chi connectivity index (χ1v) is 10.8. The van der Waals surface area contributed by atoms with Crippen LogP contribution in [0.2, 0.25) is 0 Å². The molecule has 3 aromatic rings. The summed E-state index contributed by atoms with van der Waals surface area (Å²) in [6.45, 7) is 3.30. The van der Waals surface area contributed by atoms with Crippen molar-refractivity contribution in [1.82, 2.24) is 0 Å². The first kappa shape index (κ1) is 21.1. The number of morpholine rings is 1. The summed E-state index contributed by atoms with van der Waals surface area (Å²) in [5.41, 5.74) is 4.58. The number of rotatable bonds is 7. The molecule has 1 N–H and O–H groups in total. The van der Waals surface area contributed by atoms with Crippen LogP contribution >= 0.6 is 0 Å². The highest BCUT2D eigenvalue weighted by Gasteiger charge is 2.11. The number of nitrogens with zero attached hydrogens (tertiary/aromatic N) is 1. The van der Waals surface area contributed by atoms with E-state index >= 15 is 0 Å². The zero-order valence-corrected chi connectivity index (χ0v) is 17.5. The van der Waals surface area contributed by atoms with E-state index in [0.717, 1.165) is 61.6 Å². The van der Waals surface area contributed by atoms with Gasteiger partial charge in [0.05, 0.1) is 13.2 Å². The van der Waals surface area contributed by atoms with Crippen molar-refractivity contribution in [1.29, 1.82) is 0 Å². The number of carbonyl (C=O) groups excluding carboxylic acids is 1.